The van der Waals surface area contributed by atoms with Gasteiger partial charge < -0.3 is 15.4 Å². The third-order valence-electron chi connectivity index (χ3n) is 3.91. The van der Waals surface area contributed by atoms with Crippen LogP contribution in [0.15, 0.2) is 30.3 Å². The fourth-order valence-corrected chi connectivity index (χ4v) is 2.48. The third-order valence-corrected chi connectivity index (χ3v) is 3.91. The summed E-state index contributed by atoms with van der Waals surface area (Å²) in [4.78, 5) is 14.4. The van der Waals surface area contributed by atoms with E-state index in [1.165, 1.54) is 12.1 Å². The molecule has 7 nitrogen and oxygen atoms in total. The van der Waals surface area contributed by atoms with Gasteiger partial charge in [-0.25, -0.2) is 8.78 Å². The van der Waals surface area contributed by atoms with E-state index in [0.29, 0.717) is 12.4 Å². The standard InChI is InChI=1S/C17H19F2N5O2/c18-13-2-1-12(11-14(13)19)21-17(25)15-3-4-16(23-22-15)20-5-6-24-7-9-26-10-8-24/h1-4,11H,5-10H2,(H,20,23)(H,21,25). The van der Waals surface area contributed by atoms with Crippen LogP contribution in [0.1, 0.15) is 10.5 Å². The van der Waals surface area contributed by atoms with Crippen molar-refractivity contribution in [3.63, 3.8) is 0 Å². The number of nitrogens with one attached hydrogen (secondary N) is 2. The first-order valence-corrected chi connectivity index (χ1v) is 8.26. The lowest BCUT2D eigenvalue weighted by atomic mass is 10.3. The molecule has 0 radical (unpaired) electrons. The van der Waals surface area contributed by atoms with E-state index in [-0.39, 0.29) is 11.4 Å². The zero-order valence-corrected chi connectivity index (χ0v) is 14.0. The molecule has 9 heteroatoms. The first kappa shape index (κ1) is 18.2. The first-order chi connectivity index (χ1) is 12.6. The van der Waals surface area contributed by atoms with Crippen LogP contribution in [0.25, 0.3) is 0 Å². The number of hydrogen-bond donors (Lipinski definition) is 2. The van der Waals surface area contributed by atoms with Crippen LogP contribution in [0.4, 0.5) is 20.3 Å². The highest BCUT2D eigenvalue weighted by atomic mass is 19.2. The number of hydrogen-bond acceptors (Lipinski definition) is 6. The second-order valence-electron chi connectivity index (χ2n) is 5.77. The van der Waals surface area contributed by atoms with Gasteiger partial charge in [-0.15, -0.1) is 10.2 Å². The number of morpholine rings is 1. The summed E-state index contributed by atoms with van der Waals surface area (Å²) in [6.07, 6.45) is 0. The number of carbonyl (C=O) groups is 1. The first-order valence-electron chi connectivity index (χ1n) is 8.26. The Bertz CT molecular complexity index is 751. The van der Waals surface area contributed by atoms with Crippen molar-refractivity contribution in [2.45, 2.75) is 0 Å². The minimum Gasteiger partial charge on any atom is -0.379 e. The van der Waals surface area contributed by atoms with Crippen LogP contribution in [0.5, 0.6) is 0 Å². The topological polar surface area (TPSA) is 79.4 Å². The molecule has 2 heterocycles. The SMILES string of the molecule is O=C(Nc1ccc(F)c(F)c1)c1ccc(NCCN2CCOCC2)nn1. The molecule has 0 spiro atoms. The molecule has 1 fully saturated rings. The molecule has 2 aromatic rings. The van der Waals surface area contributed by atoms with Gasteiger partial charge in [0.25, 0.3) is 5.91 Å². The van der Waals surface area contributed by atoms with Crippen molar-refractivity contribution in [2.75, 3.05) is 50.0 Å². The Kier molecular flexibility index (Phi) is 6.03. The Labute approximate surface area is 149 Å². The quantitative estimate of drug-likeness (QED) is 0.814. The molecule has 26 heavy (non-hydrogen) atoms. The molecule has 138 valence electrons. The van der Waals surface area contributed by atoms with Gasteiger partial charge >= 0.3 is 0 Å². The molecule has 0 aliphatic carbocycles. The molecule has 0 atom stereocenters. The van der Waals surface area contributed by atoms with E-state index in [9.17, 15) is 13.6 Å². The zero-order valence-electron chi connectivity index (χ0n) is 14.0. The zero-order chi connectivity index (χ0) is 18.4. The second kappa shape index (κ2) is 8.63. The summed E-state index contributed by atoms with van der Waals surface area (Å²) >= 11 is 0. The number of anilines is 2. The normalized spacial score (nSPS) is 14.8. The number of benzene rings is 1. The Morgan fingerprint density at radius 1 is 1.12 bits per heavy atom. The highest BCUT2D eigenvalue weighted by Crippen LogP contribution is 2.14. The van der Waals surface area contributed by atoms with E-state index in [4.69, 9.17) is 4.74 Å². The Morgan fingerprint density at radius 3 is 2.62 bits per heavy atom. The van der Waals surface area contributed by atoms with Gasteiger partial charge in [0, 0.05) is 37.9 Å². The number of aromatic nitrogens is 2. The number of ether oxygens (including phenoxy) is 1. The average Bonchev–Trinajstić information content (AvgIpc) is 2.66. The summed E-state index contributed by atoms with van der Waals surface area (Å²) in [6, 6.07) is 6.28. The third kappa shape index (κ3) is 4.93. The van der Waals surface area contributed by atoms with Crippen LogP contribution >= 0.6 is 0 Å². The van der Waals surface area contributed by atoms with Crippen molar-refractivity contribution in [3.8, 4) is 0 Å². The maximum absolute atomic E-state index is 13.2. The van der Waals surface area contributed by atoms with Gasteiger partial charge in [0.1, 0.15) is 5.82 Å². The maximum atomic E-state index is 13.2. The molecule has 0 bridgehead atoms. The smallest absolute Gasteiger partial charge is 0.276 e. The number of carbonyl (C=O) groups excluding carboxylic acids is 1. The van der Waals surface area contributed by atoms with Crippen LogP contribution < -0.4 is 10.6 Å². The van der Waals surface area contributed by atoms with Crippen LogP contribution in [0.3, 0.4) is 0 Å². The van der Waals surface area contributed by atoms with Crippen LogP contribution in [0, 0.1) is 11.6 Å². The van der Waals surface area contributed by atoms with E-state index in [0.717, 1.165) is 45.0 Å². The lowest BCUT2D eigenvalue weighted by Crippen LogP contribution is -2.39. The number of amides is 1. The van der Waals surface area contributed by atoms with Crippen molar-refractivity contribution in [2.24, 2.45) is 0 Å². The minimum atomic E-state index is -1.03. The van der Waals surface area contributed by atoms with E-state index in [1.54, 1.807) is 6.07 Å². The van der Waals surface area contributed by atoms with Gasteiger partial charge in [0.2, 0.25) is 0 Å². The van der Waals surface area contributed by atoms with Gasteiger partial charge in [-0.1, -0.05) is 0 Å². The van der Waals surface area contributed by atoms with E-state index >= 15 is 0 Å². The largest absolute Gasteiger partial charge is 0.379 e. The summed E-state index contributed by atoms with van der Waals surface area (Å²) in [7, 11) is 0. The van der Waals surface area contributed by atoms with E-state index in [2.05, 4.69) is 25.7 Å². The molecule has 3 rings (SSSR count). The van der Waals surface area contributed by atoms with E-state index < -0.39 is 17.5 Å². The summed E-state index contributed by atoms with van der Waals surface area (Å²) in [5.74, 6) is -2.00. The van der Waals surface area contributed by atoms with Gasteiger partial charge in [-0.05, 0) is 24.3 Å². The van der Waals surface area contributed by atoms with Gasteiger partial charge in [0.15, 0.2) is 17.3 Å². The van der Waals surface area contributed by atoms with Gasteiger partial charge in [-0.2, -0.15) is 0 Å². The minimum absolute atomic E-state index is 0.0773. The monoisotopic (exact) mass is 363 g/mol. The van der Waals surface area contributed by atoms with Crippen LogP contribution in [-0.4, -0.2) is 60.4 Å². The number of halogens is 2. The molecule has 1 amide bonds. The molecule has 0 saturated carbocycles. The van der Waals surface area contributed by atoms with Crippen molar-refractivity contribution < 1.29 is 18.3 Å². The molecule has 2 N–H and O–H groups in total. The van der Waals surface area contributed by atoms with Gasteiger partial charge in [-0.3, -0.25) is 9.69 Å². The highest BCUT2D eigenvalue weighted by molar-refractivity contribution is 6.02. The van der Waals surface area contributed by atoms with E-state index in [1.807, 2.05) is 0 Å². The summed E-state index contributed by atoms with van der Waals surface area (Å²) in [6.45, 7) is 4.90. The molecule has 0 unspecified atom stereocenters. The van der Waals surface area contributed by atoms with Crippen molar-refractivity contribution in [1.82, 2.24) is 15.1 Å². The fourth-order valence-electron chi connectivity index (χ4n) is 2.48. The van der Waals surface area contributed by atoms with Gasteiger partial charge in [0.05, 0.1) is 13.2 Å². The van der Waals surface area contributed by atoms with Crippen LogP contribution in [0.2, 0.25) is 0 Å². The van der Waals surface area contributed by atoms with Crippen LogP contribution in [-0.2, 0) is 4.74 Å². The summed E-state index contributed by atoms with van der Waals surface area (Å²) in [5.41, 5.74) is 0.219. The number of nitrogens with zero attached hydrogens (tertiary/aromatic N) is 3. The Hall–Kier alpha value is -2.65. The molecular weight excluding hydrogens is 344 g/mol. The highest BCUT2D eigenvalue weighted by Gasteiger charge is 2.12. The molecule has 1 aliphatic heterocycles. The Balaban J connectivity index is 1.49. The Morgan fingerprint density at radius 2 is 1.92 bits per heavy atom. The van der Waals surface area contributed by atoms with Crippen molar-refractivity contribution >= 4 is 17.4 Å². The molecule has 1 aromatic carbocycles. The summed E-state index contributed by atoms with van der Waals surface area (Å²) < 4.78 is 31.4. The van der Waals surface area contributed by atoms with Crippen molar-refractivity contribution in [3.05, 3.63) is 47.7 Å². The molecular formula is C17H19F2N5O2. The predicted octanol–water partition coefficient (Wildman–Crippen LogP) is 1.75. The fraction of sp³-hybridized carbons (Fsp3) is 0.353. The maximum Gasteiger partial charge on any atom is 0.276 e. The second-order valence-corrected chi connectivity index (χ2v) is 5.77. The summed E-state index contributed by atoms with van der Waals surface area (Å²) in [5, 5.41) is 13.4. The average molecular weight is 363 g/mol. The lowest BCUT2D eigenvalue weighted by molar-refractivity contribution is 0.0398. The molecule has 1 saturated heterocycles. The molecule has 1 aromatic heterocycles. The lowest BCUT2D eigenvalue weighted by Gasteiger charge is -2.26. The van der Waals surface area contributed by atoms with Crippen molar-refractivity contribution in [1.29, 1.82) is 0 Å². The molecule has 1 aliphatic rings. The number of rotatable bonds is 6. The predicted molar refractivity (Wildman–Crippen MR) is 92.1 cm³/mol.